The van der Waals surface area contributed by atoms with Crippen LogP contribution in [0.4, 0.5) is 0 Å². The molecule has 0 saturated carbocycles. The van der Waals surface area contributed by atoms with E-state index < -0.39 is 0 Å². The van der Waals surface area contributed by atoms with Gasteiger partial charge in [0.1, 0.15) is 5.76 Å². The van der Waals surface area contributed by atoms with Crippen molar-refractivity contribution < 1.29 is 9.26 Å². The third-order valence-electron chi connectivity index (χ3n) is 4.37. The molecule has 0 bridgehead atoms. The fraction of sp³-hybridized carbons (Fsp3) is 0.812. The van der Waals surface area contributed by atoms with E-state index >= 15 is 0 Å². The van der Waals surface area contributed by atoms with Gasteiger partial charge in [-0.3, -0.25) is 4.90 Å². The highest BCUT2D eigenvalue weighted by molar-refractivity contribution is 5.04. The Labute approximate surface area is 127 Å². The Kier molecular flexibility index (Phi) is 4.62. The van der Waals surface area contributed by atoms with Gasteiger partial charge < -0.3 is 14.2 Å². The second-order valence-corrected chi connectivity index (χ2v) is 6.95. The third-order valence-corrected chi connectivity index (χ3v) is 4.37. The molecule has 2 aliphatic heterocycles. The van der Waals surface area contributed by atoms with Crippen molar-refractivity contribution in [3.63, 3.8) is 0 Å². The molecule has 1 aromatic rings. The summed E-state index contributed by atoms with van der Waals surface area (Å²) in [5.74, 6) is 2.23. The summed E-state index contributed by atoms with van der Waals surface area (Å²) in [5.41, 5.74) is 1.03. The van der Waals surface area contributed by atoms with Gasteiger partial charge in [0.2, 0.25) is 0 Å². The molecule has 2 saturated heterocycles. The predicted octanol–water partition coefficient (Wildman–Crippen LogP) is 1.77. The van der Waals surface area contributed by atoms with E-state index in [0.29, 0.717) is 12.0 Å². The van der Waals surface area contributed by atoms with E-state index in [1.54, 1.807) is 0 Å². The summed E-state index contributed by atoms with van der Waals surface area (Å²) < 4.78 is 11.2. The van der Waals surface area contributed by atoms with Crippen LogP contribution in [-0.4, -0.2) is 60.4 Å². The average molecular weight is 293 g/mol. The highest BCUT2D eigenvalue weighted by atomic mass is 16.5. The van der Waals surface area contributed by atoms with Crippen LogP contribution in [0.5, 0.6) is 0 Å². The smallest absolute Gasteiger partial charge is 0.133 e. The first-order valence-electron chi connectivity index (χ1n) is 8.08. The molecule has 0 spiro atoms. The third kappa shape index (κ3) is 3.84. The number of likely N-dealkylation sites (tertiary alicyclic amines) is 1. The lowest BCUT2D eigenvalue weighted by Crippen LogP contribution is -2.35. The van der Waals surface area contributed by atoms with E-state index in [9.17, 15) is 0 Å². The van der Waals surface area contributed by atoms with Gasteiger partial charge in [0, 0.05) is 51.3 Å². The Hall–Kier alpha value is -0.910. The molecular weight excluding hydrogens is 266 g/mol. The van der Waals surface area contributed by atoms with Gasteiger partial charge in [0.25, 0.3) is 0 Å². The lowest BCUT2D eigenvalue weighted by molar-refractivity contribution is 0.0508. The first-order valence-corrected chi connectivity index (χ1v) is 8.08. The summed E-state index contributed by atoms with van der Waals surface area (Å²) in [7, 11) is 0. The van der Waals surface area contributed by atoms with Gasteiger partial charge in [-0.1, -0.05) is 19.0 Å². The average Bonchev–Trinajstić information content (AvgIpc) is 2.92. The van der Waals surface area contributed by atoms with E-state index in [1.807, 2.05) is 13.0 Å². The van der Waals surface area contributed by atoms with E-state index in [1.165, 1.54) is 6.54 Å². The largest absolute Gasteiger partial charge is 0.375 e. The van der Waals surface area contributed by atoms with E-state index in [0.717, 1.165) is 56.7 Å². The minimum absolute atomic E-state index is 0.384. The molecule has 5 heteroatoms. The second kappa shape index (κ2) is 6.46. The number of aryl methyl sites for hydroxylation is 1. The fourth-order valence-corrected chi connectivity index (χ4v) is 3.58. The molecule has 0 N–H and O–H groups in total. The predicted molar refractivity (Wildman–Crippen MR) is 81.0 cm³/mol. The zero-order valence-corrected chi connectivity index (χ0v) is 13.4. The van der Waals surface area contributed by atoms with Gasteiger partial charge in [0.15, 0.2) is 0 Å². The number of rotatable bonds is 4. The maximum absolute atomic E-state index is 6.08. The van der Waals surface area contributed by atoms with Crippen LogP contribution in [0.1, 0.15) is 25.3 Å². The molecule has 21 heavy (non-hydrogen) atoms. The summed E-state index contributed by atoms with van der Waals surface area (Å²) in [4.78, 5) is 5.02. The van der Waals surface area contributed by atoms with E-state index in [4.69, 9.17) is 9.26 Å². The minimum Gasteiger partial charge on any atom is -0.375 e. The van der Waals surface area contributed by atoms with Crippen molar-refractivity contribution in [2.75, 3.05) is 39.3 Å². The molecule has 0 aromatic carbocycles. The lowest BCUT2D eigenvalue weighted by atomic mass is 10.1. The van der Waals surface area contributed by atoms with Crippen LogP contribution in [0.3, 0.4) is 0 Å². The maximum atomic E-state index is 6.08. The molecule has 1 aromatic heterocycles. The quantitative estimate of drug-likeness (QED) is 0.846. The van der Waals surface area contributed by atoms with Crippen molar-refractivity contribution in [2.45, 2.75) is 33.4 Å². The van der Waals surface area contributed by atoms with Gasteiger partial charge in [0.05, 0.1) is 18.4 Å². The molecule has 0 radical (unpaired) electrons. The maximum Gasteiger partial charge on any atom is 0.133 e. The number of nitrogens with zero attached hydrogens (tertiary/aromatic N) is 3. The number of fused-ring (bicyclic) bond motifs is 1. The van der Waals surface area contributed by atoms with Gasteiger partial charge in [-0.2, -0.15) is 0 Å². The Morgan fingerprint density at radius 1 is 1.29 bits per heavy atom. The van der Waals surface area contributed by atoms with E-state index in [2.05, 4.69) is 28.8 Å². The van der Waals surface area contributed by atoms with Gasteiger partial charge in [-0.15, -0.1) is 0 Å². The summed E-state index contributed by atoms with van der Waals surface area (Å²) in [5, 5.41) is 4.10. The van der Waals surface area contributed by atoms with E-state index in [-0.39, 0.29) is 0 Å². The molecule has 118 valence electrons. The van der Waals surface area contributed by atoms with Crippen LogP contribution in [0.15, 0.2) is 10.6 Å². The summed E-state index contributed by atoms with van der Waals surface area (Å²) in [6.45, 7) is 13.8. The molecule has 3 rings (SSSR count). The molecule has 2 atom stereocenters. The highest BCUT2D eigenvalue weighted by Crippen LogP contribution is 2.25. The summed E-state index contributed by atoms with van der Waals surface area (Å²) in [6.07, 6.45) is 0.384. The van der Waals surface area contributed by atoms with Crippen molar-refractivity contribution >= 4 is 0 Å². The van der Waals surface area contributed by atoms with Crippen molar-refractivity contribution in [2.24, 2.45) is 11.8 Å². The van der Waals surface area contributed by atoms with Crippen molar-refractivity contribution in [3.05, 3.63) is 17.5 Å². The fourth-order valence-electron chi connectivity index (χ4n) is 3.58. The number of ether oxygens (including phenoxy) is 1. The molecule has 0 amide bonds. The second-order valence-electron chi connectivity index (χ2n) is 6.95. The number of hydrogen-bond donors (Lipinski definition) is 0. The van der Waals surface area contributed by atoms with Crippen LogP contribution in [-0.2, 0) is 11.3 Å². The van der Waals surface area contributed by atoms with Crippen LogP contribution in [0.25, 0.3) is 0 Å². The van der Waals surface area contributed by atoms with Crippen LogP contribution in [0, 0.1) is 18.8 Å². The van der Waals surface area contributed by atoms with Crippen LogP contribution >= 0.6 is 0 Å². The molecule has 2 fully saturated rings. The molecular formula is C16H27N3O2. The van der Waals surface area contributed by atoms with Crippen LogP contribution in [0.2, 0.25) is 0 Å². The van der Waals surface area contributed by atoms with Gasteiger partial charge >= 0.3 is 0 Å². The first-order chi connectivity index (χ1) is 10.1. The number of aromatic nitrogens is 1. The Bertz CT molecular complexity index is 460. The number of hydrogen-bond acceptors (Lipinski definition) is 5. The normalized spacial score (nSPS) is 28.0. The van der Waals surface area contributed by atoms with Gasteiger partial charge in [-0.25, -0.2) is 0 Å². The minimum atomic E-state index is 0.384. The van der Waals surface area contributed by atoms with Crippen molar-refractivity contribution in [1.82, 2.24) is 15.0 Å². The zero-order valence-electron chi connectivity index (χ0n) is 13.4. The highest BCUT2D eigenvalue weighted by Gasteiger charge is 2.36. The summed E-state index contributed by atoms with van der Waals surface area (Å²) >= 11 is 0. The van der Waals surface area contributed by atoms with Crippen LogP contribution < -0.4 is 0 Å². The Balaban J connectivity index is 1.57. The molecule has 2 aliphatic rings. The molecule has 0 unspecified atom stereocenters. The molecule has 3 heterocycles. The van der Waals surface area contributed by atoms with Gasteiger partial charge in [-0.05, 0) is 12.8 Å². The zero-order chi connectivity index (χ0) is 14.8. The molecule has 0 aliphatic carbocycles. The SMILES string of the molecule is Cc1cc(CN2C[C@@H]3CN(CC(C)C)CCO[C@@H]3C2)no1. The van der Waals surface area contributed by atoms with Crippen molar-refractivity contribution in [3.8, 4) is 0 Å². The van der Waals surface area contributed by atoms with Crippen molar-refractivity contribution in [1.29, 1.82) is 0 Å². The standard InChI is InChI=1S/C16H27N3O2/c1-12(2)7-18-4-5-20-16-11-19(9-14(16)8-18)10-15-6-13(3)21-17-15/h6,12,14,16H,4-5,7-11H2,1-3H3/t14-,16+/m0/s1. The topological polar surface area (TPSA) is 41.7 Å². The Morgan fingerprint density at radius 2 is 2.10 bits per heavy atom. The Morgan fingerprint density at radius 3 is 2.81 bits per heavy atom. The first kappa shape index (κ1) is 15.0. The monoisotopic (exact) mass is 293 g/mol. The summed E-state index contributed by atoms with van der Waals surface area (Å²) in [6, 6.07) is 2.03. The molecule has 5 nitrogen and oxygen atoms in total. The lowest BCUT2D eigenvalue weighted by Gasteiger charge is -2.24.